The zero-order valence-electron chi connectivity index (χ0n) is 8.46. The molecule has 15 heavy (non-hydrogen) atoms. The van der Waals surface area contributed by atoms with Crippen molar-refractivity contribution in [1.82, 2.24) is 4.90 Å². The highest BCUT2D eigenvalue weighted by molar-refractivity contribution is 5.68. The number of nitro groups is 1. The first-order valence-corrected chi connectivity index (χ1v) is 5.00. The molecule has 1 rings (SSSR count). The first-order valence-electron chi connectivity index (χ1n) is 5.00. The van der Waals surface area contributed by atoms with Crippen LogP contribution in [0.15, 0.2) is 0 Å². The maximum atomic E-state index is 10.4. The van der Waals surface area contributed by atoms with E-state index in [-0.39, 0.29) is 6.42 Å². The Morgan fingerprint density at radius 3 is 2.33 bits per heavy atom. The Kier molecular flexibility index (Phi) is 4.29. The minimum Gasteiger partial charge on any atom is -0.412 e. The Bertz CT molecular complexity index is 257. The van der Waals surface area contributed by atoms with Gasteiger partial charge in [-0.3, -0.25) is 15.3 Å². The Labute approximate surface area is 87.3 Å². The Morgan fingerprint density at radius 2 is 1.87 bits per heavy atom. The van der Waals surface area contributed by atoms with Crippen molar-refractivity contribution >= 4 is 5.84 Å². The van der Waals surface area contributed by atoms with E-state index in [2.05, 4.69) is 4.90 Å². The van der Waals surface area contributed by atoms with Crippen molar-refractivity contribution in [1.29, 1.82) is 0 Å². The van der Waals surface area contributed by atoms with Crippen molar-refractivity contribution in [2.75, 3.05) is 19.6 Å². The summed E-state index contributed by atoms with van der Waals surface area (Å²) in [6, 6.07) is 0. The highest BCUT2D eigenvalue weighted by Gasteiger charge is 2.26. The lowest BCUT2D eigenvalue weighted by Gasteiger charge is -2.25. The van der Waals surface area contributed by atoms with Crippen LogP contribution in [0, 0.1) is 15.3 Å². The lowest BCUT2D eigenvalue weighted by atomic mass is 10.1. The molecule has 7 heteroatoms. The van der Waals surface area contributed by atoms with Crippen LogP contribution in [-0.2, 0) is 0 Å². The number of nitrogens with zero attached hydrogens (tertiary/aromatic N) is 3. The maximum absolute atomic E-state index is 10.4. The molecular weight excluding hydrogens is 202 g/mol. The number of hydrogen-bond donors (Lipinski definition) is 1. The zero-order valence-corrected chi connectivity index (χ0v) is 8.46. The molecular formula is C8H15N3O4. The van der Waals surface area contributed by atoms with Crippen LogP contribution >= 0.6 is 0 Å². The normalized spacial score (nSPS) is 19.7. The molecule has 1 saturated heterocycles. The molecule has 7 nitrogen and oxygen atoms in total. The summed E-state index contributed by atoms with van der Waals surface area (Å²) in [7, 11) is 0. The van der Waals surface area contributed by atoms with E-state index in [0.29, 0.717) is 6.54 Å². The van der Waals surface area contributed by atoms with Crippen LogP contribution in [0.5, 0.6) is 0 Å². The minimum atomic E-state index is -0.836. The second-order valence-corrected chi connectivity index (χ2v) is 3.60. The first kappa shape index (κ1) is 11.7. The van der Waals surface area contributed by atoms with Gasteiger partial charge in [0.25, 0.3) is 0 Å². The maximum Gasteiger partial charge on any atom is 0.532 e. The first-order chi connectivity index (χ1) is 7.11. The van der Waals surface area contributed by atoms with Crippen molar-refractivity contribution in [2.24, 2.45) is 0 Å². The number of piperidine rings is 1. The lowest BCUT2D eigenvalue weighted by molar-refractivity contribution is -0.748. The van der Waals surface area contributed by atoms with Crippen LogP contribution in [0.25, 0.3) is 0 Å². The Morgan fingerprint density at radius 1 is 1.27 bits per heavy atom. The summed E-state index contributed by atoms with van der Waals surface area (Å²) in [5.74, 6) is -0.694. The van der Waals surface area contributed by atoms with E-state index >= 15 is 0 Å². The number of amidine groups is 1. The van der Waals surface area contributed by atoms with Gasteiger partial charge in [0.05, 0.1) is 0 Å². The highest BCUT2D eigenvalue weighted by atomic mass is 16.8. The van der Waals surface area contributed by atoms with E-state index < -0.39 is 15.7 Å². The summed E-state index contributed by atoms with van der Waals surface area (Å²) in [6.07, 6.45) is 3.35. The molecule has 1 heterocycles. The summed E-state index contributed by atoms with van der Waals surface area (Å²) in [5.41, 5.74) is 0. The van der Waals surface area contributed by atoms with Crippen LogP contribution in [0.3, 0.4) is 0 Å². The fraction of sp³-hybridized carbons (Fsp3) is 0.875. The third-order valence-corrected chi connectivity index (χ3v) is 2.53. The number of hydrogen-bond acceptors (Lipinski definition) is 5. The molecule has 0 aromatic heterocycles. The van der Waals surface area contributed by atoms with E-state index in [9.17, 15) is 15.3 Å². The van der Waals surface area contributed by atoms with Crippen LogP contribution in [0.4, 0.5) is 0 Å². The minimum absolute atomic E-state index is 0.0208. The van der Waals surface area contributed by atoms with Crippen molar-refractivity contribution < 1.29 is 15.0 Å². The average Bonchev–Trinajstić information content (AvgIpc) is 2.18. The van der Waals surface area contributed by atoms with Gasteiger partial charge in [0.15, 0.2) is 0 Å². The molecule has 0 saturated carbocycles. The topological polar surface area (TPSA) is 92.7 Å². The molecule has 1 fully saturated rings. The van der Waals surface area contributed by atoms with E-state index in [4.69, 9.17) is 5.21 Å². The van der Waals surface area contributed by atoms with Gasteiger partial charge in [-0.1, -0.05) is 6.42 Å². The second-order valence-electron chi connectivity index (χ2n) is 3.60. The molecule has 0 amide bonds. The molecule has 0 radical (unpaired) electrons. The van der Waals surface area contributed by atoms with E-state index in [0.717, 1.165) is 25.9 Å². The smallest absolute Gasteiger partial charge is 0.412 e. The van der Waals surface area contributed by atoms with Crippen LogP contribution in [0.1, 0.15) is 25.7 Å². The quantitative estimate of drug-likeness (QED) is 0.185. The van der Waals surface area contributed by atoms with Gasteiger partial charge in [-0.15, -0.1) is 0 Å². The van der Waals surface area contributed by atoms with Gasteiger partial charge in [-0.25, -0.2) is 0 Å². The summed E-state index contributed by atoms with van der Waals surface area (Å²) < 4.78 is 0. The molecule has 0 bridgehead atoms. The highest BCUT2D eigenvalue weighted by Crippen LogP contribution is 2.08. The van der Waals surface area contributed by atoms with Crippen LogP contribution in [-0.4, -0.2) is 45.4 Å². The number of rotatable bonds is 3. The van der Waals surface area contributed by atoms with Gasteiger partial charge < -0.3 is 10.1 Å². The lowest BCUT2D eigenvalue weighted by Crippen LogP contribution is -2.34. The molecule has 0 aliphatic carbocycles. The van der Waals surface area contributed by atoms with E-state index in [1.807, 2.05) is 0 Å². The molecule has 0 atom stereocenters. The SMILES string of the molecule is O=[N+]([O-])/C(CCN1CCCCC1)=[N+](\[O-])O. The predicted octanol–water partition coefficient (Wildman–Crippen LogP) is 0.437. The molecule has 0 spiro atoms. The Balaban J connectivity index is 2.40. The van der Waals surface area contributed by atoms with Gasteiger partial charge in [-0.05, 0) is 25.9 Å². The van der Waals surface area contributed by atoms with Gasteiger partial charge in [0.1, 0.15) is 16.2 Å². The van der Waals surface area contributed by atoms with Crippen molar-refractivity contribution in [2.45, 2.75) is 25.7 Å². The van der Waals surface area contributed by atoms with Gasteiger partial charge in [0, 0.05) is 6.54 Å². The fourth-order valence-electron chi connectivity index (χ4n) is 1.70. The van der Waals surface area contributed by atoms with Gasteiger partial charge >= 0.3 is 5.84 Å². The molecule has 0 unspecified atom stereocenters. The standard InChI is InChI=1S/C8H15N3O4/c12-10(13)8(11(14)15)4-7-9-5-2-1-3-6-9/h1-7H2,(H,12,13). The molecule has 0 aromatic rings. The van der Waals surface area contributed by atoms with Gasteiger partial charge in [-0.2, -0.15) is 0 Å². The van der Waals surface area contributed by atoms with Crippen molar-refractivity contribution in [3.63, 3.8) is 0 Å². The van der Waals surface area contributed by atoms with Gasteiger partial charge in [0.2, 0.25) is 0 Å². The zero-order chi connectivity index (χ0) is 11.3. The largest absolute Gasteiger partial charge is 0.532 e. The van der Waals surface area contributed by atoms with Crippen molar-refractivity contribution in [3.05, 3.63) is 15.3 Å². The molecule has 1 aliphatic rings. The fourth-order valence-corrected chi connectivity index (χ4v) is 1.70. The van der Waals surface area contributed by atoms with E-state index in [1.165, 1.54) is 6.42 Å². The second kappa shape index (κ2) is 5.50. The molecule has 0 aromatic carbocycles. The monoisotopic (exact) mass is 217 g/mol. The van der Waals surface area contributed by atoms with Crippen molar-refractivity contribution in [3.8, 4) is 0 Å². The third-order valence-electron chi connectivity index (χ3n) is 2.53. The Hall–Kier alpha value is -1.37. The third kappa shape index (κ3) is 3.70. The predicted molar refractivity (Wildman–Crippen MR) is 52.3 cm³/mol. The summed E-state index contributed by atoms with van der Waals surface area (Å²) in [5, 5.41) is 29.3. The molecule has 86 valence electrons. The average molecular weight is 217 g/mol. The summed E-state index contributed by atoms with van der Waals surface area (Å²) >= 11 is 0. The van der Waals surface area contributed by atoms with Crippen LogP contribution < -0.4 is 0 Å². The molecule has 1 aliphatic heterocycles. The molecule has 1 N–H and O–H groups in total. The number of likely N-dealkylation sites (tertiary alicyclic amines) is 1. The van der Waals surface area contributed by atoms with E-state index in [1.54, 1.807) is 0 Å². The van der Waals surface area contributed by atoms with Crippen LogP contribution in [0.2, 0.25) is 0 Å². The summed E-state index contributed by atoms with van der Waals surface area (Å²) in [4.78, 5) is 10.9. The summed E-state index contributed by atoms with van der Waals surface area (Å²) in [6.45, 7) is 2.28.